The fraction of sp³-hybridized carbons (Fsp3) is 0.368. The monoisotopic (exact) mass is 395 g/mol. The smallest absolute Gasteiger partial charge is 0.240 e. The third-order valence-electron chi connectivity index (χ3n) is 4.43. The first-order valence-electron chi connectivity index (χ1n) is 8.50. The molecule has 2 aromatic carbocycles. The van der Waals surface area contributed by atoms with Crippen molar-refractivity contribution in [2.24, 2.45) is 0 Å². The molecule has 0 bridgehead atoms. The highest BCUT2D eigenvalue weighted by Gasteiger charge is 2.22. The van der Waals surface area contributed by atoms with E-state index in [9.17, 15) is 8.42 Å². The molecular formula is C19H26ClN3O2S. The number of sulfonamides is 1. The van der Waals surface area contributed by atoms with Crippen LogP contribution in [0.1, 0.15) is 22.7 Å². The minimum Gasteiger partial charge on any atom is -0.308 e. The van der Waals surface area contributed by atoms with E-state index in [2.05, 4.69) is 22.2 Å². The van der Waals surface area contributed by atoms with Gasteiger partial charge in [0.25, 0.3) is 0 Å². The van der Waals surface area contributed by atoms with Gasteiger partial charge in [-0.15, -0.1) is 12.4 Å². The van der Waals surface area contributed by atoms with Crippen molar-refractivity contribution < 1.29 is 8.42 Å². The predicted molar refractivity (Wildman–Crippen MR) is 107 cm³/mol. The van der Waals surface area contributed by atoms with Crippen LogP contribution >= 0.6 is 12.4 Å². The predicted octanol–water partition coefficient (Wildman–Crippen LogP) is 2.34. The summed E-state index contributed by atoms with van der Waals surface area (Å²) >= 11 is 0. The normalized spacial score (nSPS) is 16.8. The lowest BCUT2D eigenvalue weighted by Crippen LogP contribution is -2.38. The Bertz CT molecular complexity index is 823. The van der Waals surface area contributed by atoms with Crippen LogP contribution < -0.4 is 10.0 Å². The first-order chi connectivity index (χ1) is 12.0. The number of fused-ring (bicyclic) bond motifs is 1. The molecule has 2 aromatic rings. The Kier molecular flexibility index (Phi) is 7.20. The summed E-state index contributed by atoms with van der Waals surface area (Å²) in [6.45, 7) is 2.00. The molecule has 0 amide bonds. The van der Waals surface area contributed by atoms with E-state index in [0.717, 1.165) is 25.1 Å². The molecule has 0 aromatic heterocycles. The second kappa shape index (κ2) is 8.97. The summed E-state index contributed by atoms with van der Waals surface area (Å²) in [5, 5.41) is 3.40. The summed E-state index contributed by atoms with van der Waals surface area (Å²) in [5.74, 6) is 0. The van der Waals surface area contributed by atoms with Crippen molar-refractivity contribution in [3.8, 4) is 0 Å². The van der Waals surface area contributed by atoms with Gasteiger partial charge in [-0.25, -0.2) is 13.1 Å². The number of rotatable bonds is 6. The summed E-state index contributed by atoms with van der Waals surface area (Å²) in [5.41, 5.74) is 3.56. The van der Waals surface area contributed by atoms with Crippen LogP contribution in [0.25, 0.3) is 0 Å². The van der Waals surface area contributed by atoms with Crippen molar-refractivity contribution >= 4 is 22.4 Å². The molecule has 142 valence electrons. The van der Waals surface area contributed by atoms with Crippen molar-refractivity contribution in [1.82, 2.24) is 14.9 Å². The third kappa shape index (κ3) is 5.05. The van der Waals surface area contributed by atoms with E-state index in [4.69, 9.17) is 0 Å². The number of nitrogens with one attached hydrogen (secondary N) is 2. The lowest BCUT2D eigenvalue weighted by molar-refractivity contribution is 0.402. The van der Waals surface area contributed by atoms with E-state index in [1.807, 2.05) is 43.3 Å². The minimum absolute atomic E-state index is 0. The Balaban J connectivity index is 0.00000243. The topological polar surface area (TPSA) is 61.4 Å². The van der Waals surface area contributed by atoms with Gasteiger partial charge in [0.1, 0.15) is 0 Å². The largest absolute Gasteiger partial charge is 0.308 e. The molecule has 1 aliphatic rings. The van der Waals surface area contributed by atoms with Crippen molar-refractivity contribution in [2.75, 3.05) is 27.2 Å². The Labute approximate surface area is 162 Å². The van der Waals surface area contributed by atoms with Gasteiger partial charge in [-0.1, -0.05) is 36.4 Å². The SMILES string of the molecule is CN(C)Cc1ccc(S(=O)(=O)NCC2NCCc3ccccc32)cc1.Cl. The first-order valence-corrected chi connectivity index (χ1v) is 9.98. The van der Waals surface area contributed by atoms with Crippen molar-refractivity contribution in [2.45, 2.75) is 23.9 Å². The highest BCUT2D eigenvalue weighted by molar-refractivity contribution is 7.89. The third-order valence-corrected chi connectivity index (χ3v) is 5.86. The summed E-state index contributed by atoms with van der Waals surface area (Å²) in [6, 6.07) is 15.3. The van der Waals surface area contributed by atoms with Gasteiger partial charge in [-0.2, -0.15) is 0 Å². The van der Waals surface area contributed by atoms with Crippen LogP contribution in [-0.2, 0) is 23.0 Å². The molecule has 0 saturated carbocycles. The molecule has 1 heterocycles. The molecular weight excluding hydrogens is 370 g/mol. The highest BCUT2D eigenvalue weighted by Crippen LogP contribution is 2.22. The van der Waals surface area contributed by atoms with E-state index >= 15 is 0 Å². The molecule has 1 aliphatic heterocycles. The van der Waals surface area contributed by atoms with Gasteiger partial charge in [0.2, 0.25) is 10.0 Å². The molecule has 5 nitrogen and oxygen atoms in total. The number of hydrogen-bond donors (Lipinski definition) is 2. The fourth-order valence-electron chi connectivity index (χ4n) is 3.19. The maximum atomic E-state index is 12.6. The maximum absolute atomic E-state index is 12.6. The second-order valence-corrected chi connectivity index (χ2v) is 8.46. The molecule has 0 radical (unpaired) electrons. The van der Waals surface area contributed by atoms with Gasteiger partial charge in [-0.3, -0.25) is 0 Å². The summed E-state index contributed by atoms with van der Waals surface area (Å²) in [4.78, 5) is 2.35. The van der Waals surface area contributed by atoms with Crippen LogP contribution in [0.15, 0.2) is 53.4 Å². The molecule has 0 saturated heterocycles. The Morgan fingerprint density at radius 1 is 1.12 bits per heavy atom. The van der Waals surface area contributed by atoms with E-state index in [1.54, 1.807) is 12.1 Å². The molecule has 26 heavy (non-hydrogen) atoms. The number of halogens is 1. The maximum Gasteiger partial charge on any atom is 0.240 e. The highest BCUT2D eigenvalue weighted by atomic mass is 35.5. The van der Waals surface area contributed by atoms with Gasteiger partial charge in [0.05, 0.1) is 4.90 Å². The van der Waals surface area contributed by atoms with E-state index in [-0.39, 0.29) is 18.4 Å². The average molecular weight is 396 g/mol. The molecule has 2 N–H and O–H groups in total. The van der Waals surface area contributed by atoms with Crippen LogP contribution in [0.4, 0.5) is 0 Å². The molecule has 0 fully saturated rings. The van der Waals surface area contributed by atoms with Crippen LogP contribution in [0.5, 0.6) is 0 Å². The standard InChI is InChI=1S/C19H25N3O2S.ClH/c1-22(2)14-15-7-9-17(10-8-15)25(23,24)21-13-19-18-6-4-3-5-16(18)11-12-20-19;/h3-10,19-21H,11-14H2,1-2H3;1H. The Morgan fingerprint density at radius 2 is 1.81 bits per heavy atom. The van der Waals surface area contributed by atoms with Crippen molar-refractivity contribution in [1.29, 1.82) is 0 Å². The van der Waals surface area contributed by atoms with Gasteiger partial charge >= 0.3 is 0 Å². The molecule has 0 spiro atoms. The van der Waals surface area contributed by atoms with E-state index < -0.39 is 10.0 Å². The lowest BCUT2D eigenvalue weighted by atomic mass is 9.95. The second-order valence-electron chi connectivity index (χ2n) is 6.69. The van der Waals surface area contributed by atoms with Crippen LogP contribution in [0.3, 0.4) is 0 Å². The summed E-state index contributed by atoms with van der Waals surface area (Å²) < 4.78 is 27.9. The Hall–Kier alpha value is -1.44. The zero-order chi connectivity index (χ0) is 17.9. The fourth-order valence-corrected chi connectivity index (χ4v) is 4.24. The minimum atomic E-state index is -3.51. The van der Waals surface area contributed by atoms with Gasteiger partial charge in [-0.05, 0) is 55.9 Å². The first kappa shape index (κ1) is 20.9. The van der Waals surface area contributed by atoms with Crippen LogP contribution in [0, 0.1) is 0 Å². The molecule has 1 atom stereocenters. The molecule has 7 heteroatoms. The van der Waals surface area contributed by atoms with Gasteiger partial charge in [0.15, 0.2) is 0 Å². The number of benzene rings is 2. The zero-order valence-corrected chi connectivity index (χ0v) is 16.7. The van der Waals surface area contributed by atoms with Crippen molar-refractivity contribution in [3.63, 3.8) is 0 Å². The number of nitrogens with zero attached hydrogens (tertiary/aromatic N) is 1. The van der Waals surface area contributed by atoms with Gasteiger partial charge < -0.3 is 10.2 Å². The molecule has 3 rings (SSSR count). The van der Waals surface area contributed by atoms with Crippen LogP contribution in [-0.4, -0.2) is 40.5 Å². The Morgan fingerprint density at radius 3 is 2.50 bits per heavy atom. The lowest BCUT2D eigenvalue weighted by Gasteiger charge is -2.27. The van der Waals surface area contributed by atoms with E-state index in [1.165, 1.54) is 11.1 Å². The summed E-state index contributed by atoms with van der Waals surface area (Å²) in [7, 11) is 0.464. The number of hydrogen-bond acceptors (Lipinski definition) is 4. The van der Waals surface area contributed by atoms with Crippen molar-refractivity contribution in [3.05, 3.63) is 65.2 Å². The quantitative estimate of drug-likeness (QED) is 0.788. The average Bonchev–Trinajstić information content (AvgIpc) is 2.60. The molecule has 0 aliphatic carbocycles. The summed E-state index contributed by atoms with van der Waals surface area (Å²) in [6.07, 6.45) is 0.979. The molecule has 1 unspecified atom stereocenters. The van der Waals surface area contributed by atoms with Gasteiger partial charge in [0, 0.05) is 19.1 Å². The zero-order valence-electron chi connectivity index (χ0n) is 15.1. The van der Waals surface area contributed by atoms with E-state index in [0.29, 0.717) is 11.4 Å². The van der Waals surface area contributed by atoms with Crippen LogP contribution in [0.2, 0.25) is 0 Å².